The largest absolute Gasteiger partial charge is 0.496 e. The monoisotopic (exact) mass is 399 g/mol. The first-order valence-corrected chi connectivity index (χ1v) is 10.5. The van der Waals surface area contributed by atoms with Gasteiger partial charge >= 0.3 is 0 Å². The van der Waals surface area contributed by atoms with Crippen LogP contribution in [0.15, 0.2) is 24.5 Å². The number of hydrogen-bond acceptors (Lipinski definition) is 6. The predicted molar refractivity (Wildman–Crippen MR) is 107 cm³/mol. The molecule has 1 saturated heterocycles. The van der Waals surface area contributed by atoms with Gasteiger partial charge in [0.2, 0.25) is 0 Å². The van der Waals surface area contributed by atoms with Crippen LogP contribution in [-0.2, 0) is 19.2 Å². The normalized spacial score (nSPS) is 28.9. The van der Waals surface area contributed by atoms with E-state index < -0.39 is 5.60 Å². The molecule has 29 heavy (non-hydrogen) atoms. The van der Waals surface area contributed by atoms with Gasteiger partial charge < -0.3 is 23.9 Å². The van der Waals surface area contributed by atoms with Gasteiger partial charge in [-0.1, -0.05) is 6.42 Å². The second kappa shape index (κ2) is 7.22. The lowest BCUT2D eigenvalue weighted by Crippen LogP contribution is -2.58. The van der Waals surface area contributed by atoms with Crippen molar-refractivity contribution in [3.63, 3.8) is 0 Å². The standard InChI is InChI=1S/C22H29N3O4/c1-24-7-6-23-21(24)22(26)16-4-3-5-17(22)14-25(13-16)12-15-10-19-20(11-18(15)27-2)29-9-8-28-19/h6-7,10-11,16-17,26H,3-5,8-9,12-14H2,1-2H3. The highest BCUT2D eigenvalue weighted by molar-refractivity contribution is 5.51. The van der Waals surface area contributed by atoms with Gasteiger partial charge in [-0.05, 0) is 18.9 Å². The number of rotatable bonds is 4. The highest BCUT2D eigenvalue weighted by atomic mass is 16.6. The fourth-order valence-electron chi connectivity index (χ4n) is 5.46. The molecule has 2 aromatic rings. The summed E-state index contributed by atoms with van der Waals surface area (Å²) in [5.41, 5.74) is 0.251. The first-order valence-electron chi connectivity index (χ1n) is 10.5. The van der Waals surface area contributed by atoms with Crippen LogP contribution in [0, 0.1) is 11.8 Å². The zero-order chi connectivity index (χ0) is 20.0. The van der Waals surface area contributed by atoms with Gasteiger partial charge in [0, 0.05) is 62.5 Å². The molecule has 0 radical (unpaired) electrons. The van der Waals surface area contributed by atoms with Crippen molar-refractivity contribution in [2.45, 2.75) is 31.4 Å². The van der Waals surface area contributed by atoms with Gasteiger partial charge in [-0.3, -0.25) is 4.90 Å². The molecular weight excluding hydrogens is 370 g/mol. The Balaban J connectivity index is 1.40. The van der Waals surface area contributed by atoms with Crippen LogP contribution in [0.3, 0.4) is 0 Å². The van der Waals surface area contributed by atoms with Crippen molar-refractivity contribution in [3.8, 4) is 17.2 Å². The van der Waals surface area contributed by atoms with Crippen molar-refractivity contribution in [2.75, 3.05) is 33.4 Å². The molecule has 0 spiro atoms. The van der Waals surface area contributed by atoms with Crippen molar-refractivity contribution in [2.24, 2.45) is 18.9 Å². The Hall–Kier alpha value is -2.25. The Kier molecular flexibility index (Phi) is 4.67. The summed E-state index contributed by atoms with van der Waals surface area (Å²) >= 11 is 0. The van der Waals surface area contributed by atoms with Crippen LogP contribution in [0.25, 0.3) is 0 Å². The molecule has 2 fully saturated rings. The Labute approximate surface area is 171 Å². The van der Waals surface area contributed by atoms with Crippen molar-refractivity contribution < 1.29 is 19.3 Å². The molecule has 2 atom stereocenters. The zero-order valence-corrected chi connectivity index (χ0v) is 17.1. The number of aryl methyl sites for hydroxylation is 1. The molecule has 7 nitrogen and oxygen atoms in total. The molecular formula is C22H29N3O4. The molecule has 3 aliphatic rings. The Bertz CT molecular complexity index is 882. The van der Waals surface area contributed by atoms with Crippen LogP contribution in [-0.4, -0.2) is 53.0 Å². The molecule has 2 bridgehead atoms. The van der Waals surface area contributed by atoms with E-state index in [2.05, 4.69) is 9.88 Å². The molecule has 1 aliphatic carbocycles. The molecule has 1 aromatic carbocycles. The highest BCUT2D eigenvalue weighted by Crippen LogP contribution is 2.49. The second-order valence-corrected chi connectivity index (χ2v) is 8.51. The molecule has 1 N–H and O–H groups in total. The van der Waals surface area contributed by atoms with E-state index in [4.69, 9.17) is 14.2 Å². The third-order valence-electron chi connectivity index (χ3n) is 6.83. The van der Waals surface area contributed by atoms with E-state index in [1.807, 2.05) is 29.9 Å². The molecule has 2 aliphatic heterocycles. The molecule has 156 valence electrons. The quantitative estimate of drug-likeness (QED) is 0.851. The third-order valence-corrected chi connectivity index (χ3v) is 6.83. The lowest BCUT2D eigenvalue weighted by Gasteiger charge is -2.52. The summed E-state index contributed by atoms with van der Waals surface area (Å²) in [4.78, 5) is 6.97. The van der Waals surface area contributed by atoms with E-state index in [1.54, 1.807) is 13.3 Å². The van der Waals surface area contributed by atoms with Crippen LogP contribution < -0.4 is 14.2 Å². The topological polar surface area (TPSA) is 69.0 Å². The van der Waals surface area contributed by atoms with Gasteiger partial charge in [-0.15, -0.1) is 0 Å². The number of nitrogens with zero attached hydrogens (tertiary/aromatic N) is 3. The fraction of sp³-hybridized carbons (Fsp3) is 0.591. The van der Waals surface area contributed by atoms with Crippen molar-refractivity contribution in [3.05, 3.63) is 35.9 Å². The molecule has 5 rings (SSSR count). The van der Waals surface area contributed by atoms with Gasteiger partial charge in [0.05, 0.1) is 7.11 Å². The zero-order valence-electron chi connectivity index (χ0n) is 17.1. The first kappa shape index (κ1) is 18.8. The molecule has 1 aromatic heterocycles. The fourth-order valence-corrected chi connectivity index (χ4v) is 5.46. The predicted octanol–water partition coefficient (Wildman–Crippen LogP) is 2.32. The van der Waals surface area contributed by atoms with E-state index in [0.29, 0.717) is 13.2 Å². The minimum atomic E-state index is -0.843. The summed E-state index contributed by atoms with van der Waals surface area (Å²) in [7, 11) is 3.67. The van der Waals surface area contributed by atoms with Gasteiger partial charge in [0.25, 0.3) is 0 Å². The van der Waals surface area contributed by atoms with Crippen LogP contribution in [0.2, 0.25) is 0 Å². The second-order valence-electron chi connectivity index (χ2n) is 8.51. The highest BCUT2D eigenvalue weighted by Gasteiger charge is 2.53. The van der Waals surface area contributed by atoms with E-state index >= 15 is 0 Å². The van der Waals surface area contributed by atoms with Gasteiger partial charge in [-0.2, -0.15) is 0 Å². The van der Waals surface area contributed by atoms with Crippen LogP contribution in [0.5, 0.6) is 17.2 Å². The summed E-state index contributed by atoms with van der Waals surface area (Å²) < 4.78 is 19.1. The number of imidazole rings is 1. The van der Waals surface area contributed by atoms with E-state index in [9.17, 15) is 5.11 Å². The van der Waals surface area contributed by atoms with Crippen molar-refractivity contribution >= 4 is 0 Å². The van der Waals surface area contributed by atoms with Crippen LogP contribution in [0.4, 0.5) is 0 Å². The maximum absolute atomic E-state index is 11.8. The summed E-state index contributed by atoms with van der Waals surface area (Å²) in [5.74, 6) is 3.53. The average Bonchev–Trinajstić information content (AvgIpc) is 3.15. The lowest BCUT2D eigenvalue weighted by molar-refractivity contribution is -0.155. The third kappa shape index (κ3) is 3.07. The summed E-state index contributed by atoms with van der Waals surface area (Å²) in [6.07, 6.45) is 6.93. The summed E-state index contributed by atoms with van der Waals surface area (Å²) in [5, 5.41) is 11.8. The van der Waals surface area contributed by atoms with Crippen molar-refractivity contribution in [1.29, 1.82) is 0 Å². The number of piperidine rings is 1. The lowest BCUT2D eigenvalue weighted by atomic mass is 9.65. The number of aliphatic hydroxyl groups is 1. The summed E-state index contributed by atoms with van der Waals surface area (Å²) in [6, 6.07) is 3.97. The van der Waals surface area contributed by atoms with E-state index in [-0.39, 0.29) is 11.8 Å². The van der Waals surface area contributed by atoms with Crippen LogP contribution in [0.1, 0.15) is 30.7 Å². The molecule has 0 amide bonds. The maximum Gasteiger partial charge on any atom is 0.165 e. The van der Waals surface area contributed by atoms with Gasteiger partial charge in [-0.25, -0.2) is 4.98 Å². The van der Waals surface area contributed by atoms with Gasteiger partial charge in [0.1, 0.15) is 30.4 Å². The minimum Gasteiger partial charge on any atom is -0.496 e. The number of fused-ring (bicyclic) bond motifs is 3. The smallest absolute Gasteiger partial charge is 0.165 e. The summed E-state index contributed by atoms with van der Waals surface area (Å²) in [6.45, 7) is 3.60. The Morgan fingerprint density at radius 2 is 1.86 bits per heavy atom. The molecule has 7 heteroatoms. The SMILES string of the molecule is COc1cc2c(cc1CN1CC3CCCC(C1)C3(O)c1nccn1C)OCCO2. The molecule has 3 heterocycles. The average molecular weight is 399 g/mol. The van der Waals surface area contributed by atoms with Crippen molar-refractivity contribution in [1.82, 2.24) is 14.5 Å². The number of benzene rings is 1. The molecule has 1 saturated carbocycles. The van der Waals surface area contributed by atoms with Gasteiger partial charge in [0.15, 0.2) is 11.5 Å². The van der Waals surface area contributed by atoms with Crippen LogP contribution >= 0.6 is 0 Å². The first-order chi connectivity index (χ1) is 14.1. The maximum atomic E-state index is 11.8. The number of methoxy groups -OCH3 is 1. The van der Waals surface area contributed by atoms with E-state index in [1.165, 1.54) is 6.42 Å². The minimum absolute atomic E-state index is 0.180. The number of hydrogen-bond donors (Lipinski definition) is 1. The number of ether oxygens (including phenoxy) is 3. The Morgan fingerprint density at radius 3 is 2.48 bits per heavy atom. The number of likely N-dealkylation sites (tertiary alicyclic amines) is 1. The van der Waals surface area contributed by atoms with E-state index in [0.717, 1.165) is 61.1 Å². The number of aromatic nitrogens is 2. The molecule has 2 unspecified atom stereocenters. The Morgan fingerprint density at radius 1 is 1.17 bits per heavy atom.